The van der Waals surface area contributed by atoms with Crippen molar-refractivity contribution in [2.24, 2.45) is 0 Å². The Kier molecular flexibility index (Phi) is 6.64. The van der Waals surface area contributed by atoms with E-state index in [1.165, 1.54) is 0 Å². The zero-order chi connectivity index (χ0) is 19.3. The molecule has 0 heterocycles. The quantitative estimate of drug-likeness (QED) is 0.798. The van der Waals surface area contributed by atoms with Gasteiger partial charge in [-0.05, 0) is 54.3 Å². The summed E-state index contributed by atoms with van der Waals surface area (Å²) < 4.78 is 5.67. The third-order valence-corrected chi connectivity index (χ3v) is 4.24. The van der Waals surface area contributed by atoms with Crippen LogP contribution in [0.15, 0.2) is 36.4 Å². The van der Waals surface area contributed by atoms with Crippen molar-refractivity contribution < 1.29 is 14.3 Å². The summed E-state index contributed by atoms with van der Waals surface area (Å²) in [5, 5.41) is 5.97. The number of anilines is 1. The summed E-state index contributed by atoms with van der Waals surface area (Å²) in [6.07, 6.45) is 0. The van der Waals surface area contributed by atoms with E-state index < -0.39 is 0 Å². The van der Waals surface area contributed by atoms with E-state index in [1.807, 2.05) is 32.9 Å². The maximum Gasteiger partial charge on any atom is 0.262 e. The van der Waals surface area contributed by atoms with Crippen LogP contribution in [-0.2, 0) is 4.79 Å². The van der Waals surface area contributed by atoms with Crippen molar-refractivity contribution in [1.29, 1.82) is 0 Å². The molecule has 0 aliphatic rings. The molecule has 2 rings (SSSR count). The second-order valence-electron chi connectivity index (χ2n) is 6.29. The number of amides is 2. The Labute approximate surface area is 158 Å². The molecule has 138 valence electrons. The van der Waals surface area contributed by atoms with Gasteiger partial charge in [-0.25, -0.2) is 0 Å². The van der Waals surface area contributed by atoms with E-state index in [-0.39, 0.29) is 24.3 Å². The first kappa shape index (κ1) is 19.8. The van der Waals surface area contributed by atoms with Crippen molar-refractivity contribution in [3.05, 3.63) is 58.1 Å². The Morgan fingerprint density at radius 3 is 2.58 bits per heavy atom. The van der Waals surface area contributed by atoms with Crippen LogP contribution in [0.5, 0.6) is 5.75 Å². The Balaban J connectivity index is 2.03. The van der Waals surface area contributed by atoms with Crippen LogP contribution >= 0.6 is 11.6 Å². The zero-order valence-electron chi connectivity index (χ0n) is 15.4. The SMILES string of the molecule is CNC(=O)c1cccc(NC(=O)COc2cc(C(C)C)c(Cl)cc2C)c1. The first-order chi connectivity index (χ1) is 12.3. The normalized spacial score (nSPS) is 10.5. The highest BCUT2D eigenvalue weighted by Crippen LogP contribution is 2.31. The van der Waals surface area contributed by atoms with Gasteiger partial charge in [-0.1, -0.05) is 31.5 Å². The second-order valence-corrected chi connectivity index (χ2v) is 6.70. The predicted octanol–water partition coefficient (Wildman–Crippen LogP) is 4.15. The first-order valence-electron chi connectivity index (χ1n) is 8.36. The molecule has 0 saturated heterocycles. The summed E-state index contributed by atoms with van der Waals surface area (Å²) >= 11 is 6.25. The largest absolute Gasteiger partial charge is 0.483 e. The number of hydrogen-bond acceptors (Lipinski definition) is 3. The third-order valence-electron chi connectivity index (χ3n) is 3.91. The maximum atomic E-state index is 12.2. The maximum absolute atomic E-state index is 12.2. The molecule has 0 aliphatic carbocycles. The average molecular weight is 375 g/mol. The molecule has 0 saturated carbocycles. The minimum absolute atomic E-state index is 0.135. The van der Waals surface area contributed by atoms with Gasteiger partial charge in [0.15, 0.2) is 6.61 Å². The van der Waals surface area contributed by atoms with Crippen LogP contribution in [0.3, 0.4) is 0 Å². The van der Waals surface area contributed by atoms with E-state index in [1.54, 1.807) is 31.3 Å². The predicted molar refractivity (Wildman–Crippen MR) is 104 cm³/mol. The van der Waals surface area contributed by atoms with Gasteiger partial charge >= 0.3 is 0 Å². The molecule has 2 N–H and O–H groups in total. The standard InChI is InChI=1S/C20H23ClN2O3/c1-12(2)16-10-18(13(3)8-17(16)21)26-11-19(24)23-15-7-5-6-14(9-15)20(25)22-4/h5-10,12H,11H2,1-4H3,(H,22,25)(H,23,24). The molecule has 0 fully saturated rings. The molecule has 0 aromatic heterocycles. The lowest BCUT2D eigenvalue weighted by molar-refractivity contribution is -0.118. The van der Waals surface area contributed by atoms with E-state index in [0.717, 1.165) is 11.1 Å². The van der Waals surface area contributed by atoms with Gasteiger partial charge in [0.2, 0.25) is 0 Å². The van der Waals surface area contributed by atoms with Crippen molar-refractivity contribution in [1.82, 2.24) is 5.32 Å². The number of nitrogens with one attached hydrogen (secondary N) is 2. The topological polar surface area (TPSA) is 67.4 Å². The van der Waals surface area contributed by atoms with E-state index in [4.69, 9.17) is 16.3 Å². The Morgan fingerprint density at radius 2 is 1.92 bits per heavy atom. The molecule has 6 heteroatoms. The Hall–Kier alpha value is -2.53. The van der Waals surface area contributed by atoms with Crippen LogP contribution in [0.4, 0.5) is 5.69 Å². The summed E-state index contributed by atoms with van der Waals surface area (Å²) in [5.74, 6) is 0.369. The summed E-state index contributed by atoms with van der Waals surface area (Å²) in [7, 11) is 1.56. The van der Waals surface area contributed by atoms with Gasteiger partial charge in [-0.15, -0.1) is 0 Å². The Morgan fingerprint density at radius 1 is 1.19 bits per heavy atom. The van der Waals surface area contributed by atoms with Crippen LogP contribution in [0, 0.1) is 6.92 Å². The van der Waals surface area contributed by atoms with Gasteiger partial charge in [0.1, 0.15) is 5.75 Å². The number of rotatable bonds is 6. The van der Waals surface area contributed by atoms with E-state index in [9.17, 15) is 9.59 Å². The summed E-state index contributed by atoms with van der Waals surface area (Å²) in [5.41, 5.74) is 2.86. The molecule has 26 heavy (non-hydrogen) atoms. The van der Waals surface area contributed by atoms with E-state index >= 15 is 0 Å². The molecule has 2 aromatic rings. The minimum Gasteiger partial charge on any atom is -0.483 e. The molecule has 2 aromatic carbocycles. The number of ether oxygens (including phenoxy) is 1. The zero-order valence-corrected chi connectivity index (χ0v) is 16.1. The fourth-order valence-electron chi connectivity index (χ4n) is 2.49. The average Bonchev–Trinajstić information content (AvgIpc) is 2.60. The summed E-state index contributed by atoms with van der Waals surface area (Å²) in [4.78, 5) is 23.8. The molecular weight excluding hydrogens is 352 g/mol. The molecule has 0 radical (unpaired) electrons. The molecule has 0 aliphatic heterocycles. The van der Waals surface area contributed by atoms with Crippen molar-refractivity contribution in [2.45, 2.75) is 26.7 Å². The molecule has 2 amide bonds. The third kappa shape index (κ3) is 4.99. The van der Waals surface area contributed by atoms with Crippen LogP contribution in [0.2, 0.25) is 5.02 Å². The van der Waals surface area contributed by atoms with Crippen LogP contribution < -0.4 is 15.4 Å². The second kappa shape index (κ2) is 8.72. The van der Waals surface area contributed by atoms with Gasteiger partial charge in [0.25, 0.3) is 11.8 Å². The van der Waals surface area contributed by atoms with Crippen molar-refractivity contribution in [2.75, 3.05) is 19.0 Å². The van der Waals surface area contributed by atoms with E-state index in [2.05, 4.69) is 10.6 Å². The minimum atomic E-state index is -0.306. The molecule has 0 spiro atoms. The molecule has 0 atom stereocenters. The van der Waals surface area contributed by atoms with Crippen molar-refractivity contribution in [3.63, 3.8) is 0 Å². The van der Waals surface area contributed by atoms with Gasteiger partial charge < -0.3 is 15.4 Å². The molecule has 5 nitrogen and oxygen atoms in total. The lowest BCUT2D eigenvalue weighted by Crippen LogP contribution is -2.21. The fraction of sp³-hybridized carbons (Fsp3) is 0.300. The summed E-state index contributed by atoms with van der Waals surface area (Å²) in [6, 6.07) is 10.4. The monoisotopic (exact) mass is 374 g/mol. The van der Waals surface area contributed by atoms with Crippen LogP contribution in [0.25, 0.3) is 0 Å². The van der Waals surface area contributed by atoms with Gasteiger partial charge in [-0.3, -0.25) is 9.59 Å². The van der Waals surface area contributed by atoms with Crippen molar-refractivity contribution in [3.8, 4) is 5.75 Å². The smallest absolute Gasteiger partial charge is 0.262 e. The van der Waals surface area contributed by atoms with Gasteiger partial charge in [0.05, 0.1) is 0 Å². The number of carbonyl (C=O) groups is 2. The number of aryl methyl sites for hydroxylation is 1. The van der Waals surface area contributed by atoms with Crippen molar-refractivity contribution >= 4 is 29.1 Å². The van der Waals surface area contributed by atoms with Crippen LogP contribution in [0.1, 0.15) is 41.3 Å². The molecule has 0 bridgehead atoms. The number of halogens is 1. The summed E-state index contributed by atoms with van der Waals surface area (Å²) in [6.45, 7) is 5.85. The fourth-order valence-corrected chi connectivity index (χ4v) is 2.93. The highest BCUT2D eigenvalue weighted by molar-refractivity contribution is 6.31. The molecular formula is C20H23ClN2O3. The Bertz CT molecular complexity index is 819. The highest BCUT2D eigenvalue weighted by atomic mass is 35.5. The number of hydrogen-bond donors (Lipinski definition) is 2. The van der Waals surface area contributed by atoms with Gasteiger partial charge in [-0.2, -0.15) is 0 Å². The highest BCUT2D eigenvalue weighted by Gasteiger charge is 2.12. The molecule has 0 unspecified atom stereocenters. The first-order valence-corrected chi connectivity index (χ1v) is 8.74. The van der Waals surface area contributed by atoms with E-state index in [0.29, 0.717) is 22.0 Å². The number of benzene rings is 2. The lowest BCUT2D eigenvalue weighted by Gasteiger charge is -2.14. The number of carbonyl (C=O) groups excluding carboxylic acids is 2. The van der Waals surface area contributed by atoms with Crippen LogP contribution in [-0.4, -0.2) is 25.5 Å². The lowest BCUT2D eigenvalue weighted by atomic mass is 10.0. The van der Waals surface area contributed by atoms with Gasteiger partial charge in [0, 0.05) is 23.3 Å².